The zero-order chi connectivity index (χ0) is 15.1. The highest BCUT2D eigenvalue weighted by molar-refractivity contribution is 7.91. The van der Waals surface area contributed by atoms with Crippen molar-refractivity contribution in [2.75, 3.05) is 18.6 Å². The number of nitrogens with zero attached hydrogens (tertiary/aromatic N) is 1. The smallest absolute Gasteiger partial charge is 0.321 e. The molecule has 2 unspecified atom stereocenters. The molecule has 1 N–H and O–H groups in total. The molecular weight excluding hydrogens is 300 g/mol. The number of rotatable bonds is 3. The Morgan fingerprint density at radius 3 is 2.65 bits per heavy atom. The van der Waals surface area contributed by atoms with Crippen molar-refractivity contribution in [3.63, 3.8) is 0 Å². The lowest BCUT2D eigenvalue weighted by Crippen LogP contribution is -2.35. The predicted molar refractivity (Wildman–Crippen MR) is 79.8 cm³/mol. The van der Waals surface area contributed by atoms with Crippen LogP contribution in [0.3, 0.4) is 0 Å². The predicted octanol–water partition coefficient (Wildman–Crippen LogP) is 2.38. The normalized spacial score (nSPS) is 18.2. The number of nitrogens with one attached hydrogen (secondary N) is 1. The van der Waals surface area contributed by atoms with Crippen molar-refractivity contribution in [3.05, 3.63) is 29.3 Å². The SMILES string of the molecule is CC(C(Cl)c1ccc2c(c1)CN(C)C(=O)N2)S(C)(=O)=O. The number of alkyl halides is 1. The molecule has 0 aliphatic carbocycles. The largest absolute Gasteiger partial charge is 0.323 e. The van der Waals surface area contributed by atoms with Crippen LogP contribution in [0.25, 0.3) is 0 Å². The number of carbonyl (C=O) groups is 1. The molecule has 0 aromatic heterocycles. The molecule has 0 bridgehead atoms. The first-order valence-corrected chi connectivity index (χ1v) is 8.57. The van der Waals surface area contributed by atoms with E-state index in [2.05, 4.69) is 5.32 Å². The minimum Gasteiger partial charge on any atom is -0.323 e. The number of anilines is 1. The third-order valence-electron chi connectivity index (χ3n) is 3.53. The van der Waals surface area contributed by atoms with Gasteiger partial charge in [-0.2, -0.15) is 0 Å². The molecule has 0 spiro atoms. The van der Waals surface area contributed by atoms with Crippen LogP contribution in [-0.2, 0) is 16.4 Å². The first-order valence-electron chi connectivity index (χ1n) is 6.18. The van der Waals surface area contributed by atoms with E-state index in [1.807, 2.05) is 6.07 Å². The van der Waals surface area contributed by atoms with Crippen LogP contribution in [0, 0.1) is 0 Å². The highest BCUT2D eigenvalue weighted by Crippen LogP contribution is 2.32. The highest BCUT2D eigenvalue weighted by Gasteiger charge is 2.27. The zero-order valence-electron chi connectivity index (χ0n) is 11.6. The lowest BCUT2D eigenvalue weighted by Gasteiger charge is -2.27. The van der Waals surface area contributed by atoms with Gasteiger partial charge in [0, 0.05) is 25.5 Å². The summed E-state index contributed by atoms with van der Waals surface area (Å²) in [5.74, 6) is 0. The van der Waals surface area contributed by atoms with Gasteiger partial charge in [0.15, 0.2) is 9.84 Å². The summed E-state index contributed by atoms with van der Waals surface area (Å²) in [7, 11) is -1.51. The Morgan fingerprint density at radius 1 is 1.40 bits per heavy atom. The summed E-state index contributed by atoms with van der Waals surface area (Å²) in [4.78, 5) is 13.1. The van der Waals surface area contributed by atoms with Gasteiger partial charge in [0.1, 0.15) is 0 Å². The number of hydrogen-bond donors (Lipinski definition) is 1. The summed E-state index contributed by atoms with van der Waals surface area (Å²) in [6.45, 7) is 2.08. The first-order chi connectivity index (χ1) is 9.20. The van der Waals surface area contributed by atoms with Crippen molar-refractivity contribution in [2.45, 2.75) is 24.1 Å². The fourth-order valence-electron chi connectivity index (χ4n) is 2.06. The fourth-order valence-corrected chi connectivity index (χ4v) is 3.35. The highest BCUT2D eigenvalue weighted by atomic mass is 35.5. The molecule has 2 rings (SSSR count). The van der Waals surface area contributed by atoms with Crippen LogP contribution in [0.4, 0.5) is 10.5 Å². The summed E-state index contributed by atoms with van der Waals surface area (Å²) < 4.78 is 23.2. The van der Waals surface area contributed by atoms with Crippen LogP contribution in [0.5, 0.6) is 0 Å². The van der Waals surface area contributed by atoms with Crippen LogP contribution in [0.1, 0.15) is 23.4 Å². The molecule has 1 aromatic carbocycles. The molecule has 0 saturated carbocycles. The van der Waals surface area contributed by atoms with Crippen LogP contribution < -0.4 is 5.32 Å². The summed E-state index contributed by atoms with van der Waals surface area (Å²) in [5.41, 5.74) is 2.41. The number of amides is 2. The molecule has 1 aliphatic heterocycles. The van der Waals surface area contributed by atoms with Gasteiger partial charge in [-0.25, -0.2) is 13.2 Å². The lowest BCUT2D eigenvalue weighted by molar-refractivity contribution is 0.218. The van der Waals surface area contributed by atoms with E-state index in [1.165, 1.54) is 6.26 Å². The van der Waals surface area contributed by atoms with Crippen molar-refractivity contribution in [2.24, 2.45) is 0 Å². The lowest BCUT2D eigenvalue weighted by atomic mass is 10.0. The Hall–Kier alpha value is -1.27. The van der Waals surface area contributed by atoms with E-state index in [-0.39, 0.29) is 6.03 Å². The van der Waals surface area contributed by atoms with Gasteiger partial charge in [0.2, 0.25) is 0 Å². The molecule has 1 aromatic rings. The first kappa shape index (κ1) is 15.1. The molecule has 110 valence electrons. The molecule has 2 atom stereocenters. The van der Waals surface area contributed by atoms with Crippen LogP contribution in [-0.4, -0.2) is 37.9 Å². The monoisotopic (exact) mass is 316 g/mol. The average Bonchev–Trinajstić information content (AvgIpc) is 2.37. The third kappa shape index (κ3) is 2.91. The van der Waals surface area contributed by atoms with E-state index in [4.69, 9.17) is 11.6 Å². The molecule has 0 radical (unpaired) electrons. The van der Waals surface area contributed by atoms with Crippen molar-refractivity contribution < 1.29 is 13.2 Å². The fraction of sp³-hybridized carbons (Fsp3) is 0.462. The summed E-state index contributed by atoms with van der Waals surface area (Å²) in [5, 5.41) is 1.48. The number of fused-ring (bicyclic) bond motifs is 1. The molecule has 0 saturated heterocycles. The van der Waals surface area contributed by atoms with E-state index >= 15 is 0 Å². The van der Waals surface area contributed by atoms with Gasteiger partial charge >= 0.3 is 6.03 Å². The van der Waals surface area contributed by atoms with Crippen LogP contribution >= 0.6 is 11.6 Å². The van der Waals surface area contributed by atoms with Gasteiger partial charge in [-0.3, -0.25) is 0 Å². The van der Waals surface area contributed by atoms with Crippen LogP contribution in [0.15, 0.2) is 18.2 Å². The summed E-state index contributed by atoms with van der Waals surface area (Å²) in [6.07, 6.45) is 1.18. The molecule has 5 nitrogen and oxygen atoms in total. The van der Waals surface area contributed by atoms with Gasteiger partial charge in [-0.15, -0.1) is 11.6 Å². The van der Waals surface area contributed by atoms with E-state index < -0.39 is 20.5 Å². The standard InChI is InChI=1S/C13H17ClN2O3S/c1-8(20(3,18)19)12(14)9-4-5-11-10(6-9)7-16(2)13(17)15-11/h4-6,8,12H,7H2,1-3H3,(H,15,17). The van der Waals surface area contributed by atoms with Gasteiger partial charge in [-0.1, -0.05) is 12.1 Å². The van der Waals surface area contributed by atoms with Gasteiger partial charge in [0.25, 0.3) is 0 Å². The number of benzene rings is 1. The second-order valence-corrected chi connectivity index (χ2v) is 8.01. The molecule has 0 fully saturated rings. The number of urea groups is 1. The number of halogens is 1. The number of carbonyl (C=O) groups excluding carboxylic acids is 1. The van der Waals surface area contributed by atoms with Gasteiger partial charge in [-0.05, 0) is 24.1 Å². The van der Waals surface area contributed by atoms with E-state index in [0.717, 1.165) is 16.8 Å². The minimum absolute atomic E-state index is 0.155. The van der Waals surface area contributed by atoms with Gasteiger partial charge in [0.05, 0.1) is 10.6 Å². The maximum atomic E-state index is 11.6. The Balaban J connectivity index is 2.32. The molecule has 1 aliphatic rings. The second-order valence-electron chi connectivity index (χ2n) is 5.14. The molecular formula is C13H17ClN2O3S. The summed E-state index contributed by atoms with van der Waals surface area (Å²) >= 11 is 6.27. The van der Waals surface area contributed by atoms with Crippen molar-refractivity contribution in [3.8, 4) is 0 Å². The average molecular weight is 317 g/mol. The topological polar surface area (TPSA) is 66.5 Å². The van der Waals surface area contributed by atoms with E-state index in [1.54, 1.807) is 31.0 Å². The Labute approximate surface area is 123 Å². The Morgan fingerprint density at radius 2 is 2.05 bits per heavy atom. The van der Waals surface area contributed by atoms with E-state index in [9.17, 15) is 13.2 Å². The number of hydrogen-bond acceptors (Lipinski definition) is 3. The quantitative estimate of drug-likeness (QED) is 0.871. The van der Waals surface area contributed by atoms with Gasteiger partial charge < -0.3 is 10.2 Å². The number of sulfone groups is 1. The molecule has 1 heterocycles. The van der Waals surface area contributed by atoms with Crippen molar-refractivity contribution >= 4 is 33.2 Å². The minimum atomic E-state index is -3.20. The molecule has 7 heteroatoms. The Kier molecular flexibility index (Phi) is 3.97. The second kappa shape index (κ2) is 5.26. The third-order valence-corrected chi connectivity index (χ3v) is 5.93. The maximum absolute atomic E-state index is 11.6. The van der Waals surface area contributed by atoms with E-state index in [0.29, 0.717) is 6.54 Å². The van der Waals surface area contributed by atoms with Crippen LogP contribution in [0.2, 0.25) is 0 Å². The Bertz CT molecular complexity index is 645. The van der Waals surface area contributed by atoms with Crippen molar-refractivity contribution in [1.82, 2.24) is 4.90 Å². The molecule has 2 amide bonds. The maximum Gasteiger partial charge on any atom is 0.321 e. The summed E-state index contributed by atoms with van der Waals surface area (Å²) in [6, 6.07) is 5.21. The zero-order valence-corrected chi connectivity index (χ0v) is 13.1. The van der Waals surface area contributed by atoms with Crippen molar-refractivity contribution in [1.29, 1.82) is 0 Å². The molecule has 20 heavy (non-hydrogen) atoms.